The average Bonchev–Trinajstić information content (AvgIpc) is 3.01. The van der Waals surface area contributed by atoms with E-state index in [4.69, 9.17) is 0 Å². The van der Waals surface area contributed by atoms with E-state index >= 15 is 0 Å². The number of pyridine rings is 2. The van der Waals surface area contributed by atoms with Crippen LogP contribution in [0.3, 0.4) is 0 Å². The maximum Gasteiger partial charge on any atom is 0.270 e. The third-order valence-corrected chi connectivity index (χ3v) is 3.48. The van der Waals surface area contributed by atoms with Gasteiger partial charge in [0.25, 0.3) is 5.91 Å². The molecule has 5 nitrogen and oxygen atoms in total. The van der Waals surface area contributed by atoms with E-state index in [0.29, 0.717) is 12.2 Å². The highest BCUT2D eigenvalue weighted by Gasteiger charge is 2.14. The Morgan fingerprint density at radius 3 is 2.81 bits per heavy atom. The molecule has 0 aliphatic heterocycles. The predicted octanol–water partition coefficient (Wildman–Crippen LogP) is 2.04. The Morgan fingerprint density at radius 1 is 1.19 bits per heavy atom. The van der Waals surface area contributed by atoms with Gasteiger partial charge in [0.1, 0.15) is 11.3 Å². The van der Waals surface area contributed by atoms with Crippen LogP contribution < -0.4 is 0 Å². The first-order valence-electron chi connectivity index (χ1n) is 6.82. The van der Waals surface area contributed by atoms with Crippen molar-refractivity contribution in [3.05, 3.63) is 66.4 Å². The van der Waals surface area contributed by atoms with E-state index in [1.807, 2.05) is 41.8 Å². The number of hydrogen-bond donors (Lipinski definition) is 0. The monoisotopic (exact) mass is 280 g/mol. The quantitative estimate of drug-likeness (QED) is 0.735. The first-order chi connectivity index (χ1) is 10.3. The molecular weight excluding hydrogens is 264 g/mol. The summed E-state index contributed by atoms with van der Waals surface area (Å²) in [4.78, 5) is 22.5. The lowest BCUT2D eigenvalue weighted by atomic mass is 10.2. The fourth-order valence-corrected chi connectivity index (χ4v) is 2.27. The van der Waals surface area contributed by atoms with Crippen LogP contribution in [0.2, 0.25) is 0 Å². The van der Waals surface area contributed by atoms with Gasteiger partial charge in [-0.15, -0.1) is 0 Å². The molecule has 0 radical (unpaired) electrons. The SMILES string of the molecule is CN(CCc1ccncc1)C(=O)c1cccc2nccn12. The van der Waals surface area contributed by atoms with Gasteiger partial charge in [-0.1, -0.05) is 6.07 Å². The van der Waals surface area contributed by atoms with Gasteiger partial charge in [-0.3, -0.25) is 14.2 Å². The van der Waals surface area contributed by atoms with Gasteiger partial charge in [0.15, 0.2) is 0 Å². The van der Waals surface area contributed by atoms with Crippen LogP contribution in [0.15, 0.2) is 55.1 Å². The van der Waals surface area contributed by atoms with Gasteiger partial charge in [-0.05, 0) is 36.2 Å². The van der Waals surface area contributed by atoms with E-state index in [9.17, 15) is 4.79 Å². The number of carbonyl (C=O) groups is 1. The molecule has 0 N–H and O–H groups in total. The van der Waals surface area contributed by atoms with Crippen molar-refractivity contribution in [1.29, 1.82) is 0 Å². The Morgan fingerprint density at radius 2 is 2.00 bits per heavy atom. The van der Waals surface area contributed by atoms with Gasteiger partial charge in [0, 0.05) is 38.4 Å². The molecule has 0 spiro atoms. The summed E-state index contributed by atoms with van der Waals surface area (Å²) in [5, 5.41) is 0. The Balaban J connectivity index is 1.74. The van der Waals surface area contributed by atoms with E-state index in [-0.39, 0.29) is 5.91 Å². The van der Waals surface area contributed by atoms with E-state index in [2.05, 4.69) is 9.97 Å². The van der Waals surface area contributed by atoms with Crippen LogP contribution in [0.5, 0.6) is 0 Å². The zero-order valence-electron chi connectivity index (χ0n) is 11.8. The lowest BCUT2D eigenvalue weighted by molar-refractivity contribution is 0.0789. The molecule has 0 saturated carbocycles. The van der Waals surface area contributed by atoms with E-state index in [1.165, 1.54) is 5.56 Å². The molecule has 3 heterocycles. The molecule has 106 valence electrons. The summed E-state index contributed by atoms with van der Waals surface area (Å²) < 4.78 is 1.81. The molecule has 3 aromatic rings. The van der Waals surface area contributed by atoms with E-state index in [0.717, 1.165) is 12.1 Å². The highest BCUT2D eigenvalue weighted by atomic mass is 16.2. The van der Waals surface area contributed by atoms with Crippen LogP contribution in [-0.2, 0) is 6.42 Å². The maximum absolute atomic E-state index is 12.5. The number of imidazole rings is 1. The molecule has 0 aromatic carbocycles. The van der Waals surface area contributed by atoms with Gasteiger partial charge in [-0.25, -0.2) is 4.98 Å². The van der Waals surface area contributed by atoms with Crippen LogP contribution in [0, 0.1) is 0 Å². The second kappa shape index (κ2) is 5.75. The van der Waals surface area contributed by atoms with Crippen LogP contribution in [0.25, 0.3) is 5.65 Å². The number of hydrogen-bond acceptors (Lipinski definition) is 3. The minimum absolute atomic E-state index is 0.00680. The third-order valence-electron chi connectivity index (χ3n) is 3.48. The van der Waals surface area contributed by atoms with Crippen molar-refractivity contribution in [3.63, 3.8) is 0 Å². The third kappa shape index (κ3) is 2.76. The van der Waals surface area contributed by atoms with Gasteiger partial charge in [0.05, 0.1) is 0 Å². The predicted molar refractivity (Wildman–Crippen MR) is 80.1 cm³/mol. The summed E-state index contributed by atoms with van der Waals surface area (Å²) >= 11 is 0. The number of fused-ring (bicyclic) bond motifs is 1. The summed E-state index contributed by atoms with van der Waals surface area (Å²) in [6, 6.07) is 9.49. The van der Waals surface area contributed by atoms with Crippen molar-refractivity contribution < 1.29 is 4.79 Å². The molecule has 3 rings (SSSR count). The van der Waals surface area contributed by atoms with Gasteiger partial charge < -0.3 is 4.90 Å². The number of nitrogens with zero attached hydrogens (tertiary/aromatic N) is 4. The fraction of sp³-hybridized carbons (Fsp3) is 0.188. The molecule has 0 aliphatic rings. The van der Waals surface area contributed by atoms with Gasteiger partial charge >= 0.3 is 0 Å². The van der Waals surface area contributed by atoms with Crippen molar-refractivity contribution in [3.8, 4) is 0 Å². The molecule has 1 amide bonds. The Bertz CT molecular complexity index is 751. The summed E-state index contributed by atoms with van der Waals surface area (Å²) in [7, 11) is 1.82. The van der Waals surface area contributed by atoms with E-state index in [1.54, 1.807) is 29.7 Å². The minimum atomic E-state index is -0.00680. The van der Waals surface area contributed by atoms with Crippen molar-refractivity contribution >= 4 is 11.6 Å². The first-order valence-corrected chi connectivity index (χ1v) is 6.82. The van der Waals surface area contributed by atoms with Crippen LogP contribution >= 0.6 is 0 Å². The number of likely N-dealkylation sites (N-methyl/N-ethyl adjacent to an activating group) is 1. The molecule has 5 heteroatoms. The van der Waals surface area contributed by atoms with Crippen molar-refractivity contribution in [2.45, 2.75) is 6.42 Å². The molecular formula is C16H16N4O. The fourth-order valence-electron chi connectivity index (χ4n) is 2.27. The topological polar surface area (TPSA) is 50.5 Å². The molecule has 0 saturated heterocycles. The van der Waals surface area contributed by atoms with E-state index < -0.39 is 0 Å². The molecule has 3 aromatic heterocycles. The highest BCUT2D eigenvalue weighted by Crippen LogP contribution is 2.09. The molecule has 0 bridgehead atoms. The van der Waals surface area contributed by atoms with Crippen molar-refractivity contribution in [2.24, 2.45) is 0 Å². The summed E-state index contributed by atoms with van der Waals surface area (Å²) in [5.74, 6) is -0.00680. The standard InChI is InChI=1S/C16H16N4O/c1-19(11-7-13-5-8-17-9-6-13)16(21)14-3-2-4-15-18-10-12-20(14)15/h2-6,8-10,12H,7,11H2,1H3. The molecule has 0 atom stereocenters. The normalized spacial score (nSPS) is 10.7. The van der Waals surface area contributed by atoms with Crippen molar-refractivity contribution in [2.75, 3.05) is 13.6 Å². The molecule has 0 fully saturated rings. The zero-order chi connectivity index (χ0) is 14.7. The van der Waals surface area contributed by atoms with Crippen molar-refractivity contribution in [1.82, 2.24) is 19.3 Å². The average molecular weight is 280 g/mol. The summed E-state index contributed by atoms with van der Waals surface area (Å²) in [6.45, 7) is 0.661. The number of amides is 1. The van der Waals surface area contributed by atoms with Crippen LogP contribution in [0.4, 0.5) is 0 Å². The lowest BCUT2D eigenvalue weighted by Gasteiger charge is -2.17. The Kier molecular flexibility index (Phi) is 3.64. The Hall–Kier alpha value is -2.69. The Labute approximate surface area is 122 Å². The highest BCUT2D eigenvalue weighted by molar-refractivity contribution is 5.93. The molecule has 0 unspecified atom stereocenters. The molecule has 0 aliphatic carbocycles. The zero-order valence-corrected chi connectivity index (χ0v) is 11.8. The number of carbonyl (C=O) groups excluding carboxylic acids is 1. The minimum Gasteiger partial charge on any atom is -0.340 e. The number of rotatable bonds is 4. The van der Waals surface area contributed by atoms with Crippen LogP contribution in [0.1, 0.15) is 16.1 Å². The maximum atomic E-state index is 12.5. The van der Waals surface area contributed by atoms with Crippen LogP contribution in [-0.4, -0.2) is 38.8 Å². The summed E-state index contributed by atoms with van der Waals surface area (Å²) in [6.07, 6.45) is 7.85. The first kappa shape index (κ1) is 13.3. The second-order valence-corrected chi connectivity index (χ2v) is 4.90. The van der Waals surface area contributed by atoms with Gasteiger partial charge in [-0.2, -0.15) is 0 Å². The smallest absolute Gasteiger partial charge is 0.270 e. The summed E-state index contributed by atoms with van der Waals surface area (Å²) in [5.41, 5.74) is 2.58. The lowest BCUT2D eigenvalue weighted by Crippen LogP contribution is -2.30. The largest absolute Gasteiger partial charge is 0.340 e. The second-order valence-electron chi connectivity index (χ2n) is 4.90. The molecule has 21 heavy (non-hydrogen) atoms. The number of aromatic nitrogens is 3. The van der Waals surface area contributed by atoms with Gasteiger partial charge in [0.2, 0.25) is 0 Å².